The van der Waals surface area contributed by atoms with Crippen molar-refractivity contribution in [2.24, 2.45) is 0 Å². The Balaban J connectivity index is 1.20. The van der Waals surface area contributed by atoms with Crippen LogP contribution in [0.1, 0.15) is 0 Å². The molecule has 0 bridgehead atoms. The van der Waals surface area contributed by atoms with Crippen LogP contribution in [0.15, 0.2) is 156 Å². The molecular formula is C40H25NOS. The summed E-state index contributed by atoms with van der Waals surface area (Å²) in [5.74, 6) is 0. The van der Waals surface area contributed by atoms with Crippen molar-refractivity contribution in [3.8, 4) is 11.1 Å². The fourth-order valence-corrected chi connectivity index (χ4v) is 7.58. The maximum Gasteiger partial charge on any atom is 0.143 e. The van der Waals surface area contributed by atoms with Crippen LogP contribution in [0.4, 0.5) is 17.1 Å². The first-order valence-corrected chi connectivity index (χ1v) is 15.3. The number of hydrogen-bond donors (Lipinski definition) is 0. The van der Waals surface area contributed by atoms with E-state index in [0.717, 1.165) is 44.4 Å². The molecule has 0 unspecified atom stereocenters. The summed E-state index contributed by atoms with van der Waals surface area (Å²) in [6.45, 7) is 0. The van der Waals surface area contributed by atoms with Gasteiger partial charge in [-0.2, -0.15) is 0 Å². The maximum atomic E-state index is 6.54. The lowest BCUT2D eigenvalue weighted by Crippen LogP contribution is -2.10. The first-order valence-electron chi connectivity index (χ1n) is 14.5. The second kappa shape index (κ2) is 9.59. The Labute approximate surface area is 252 Å². The van der Waals surface area contributed by atoms with Gasteiger partial charge < -0.3 is 9.32 Å². The number of anilines is 3. The molecule has 0 atom stereocenters. The molecule has 0 aliphatic carbocycles. The number of benzene rings is 7. The molecule has 0 aliphatic rings. The molecule has 9 aromatic rings. The molecule has 0 radical (unpaired) electrons. The first kappa shape index (κ1) is 24.2. The second-order valence-electron chi connectivity index (χ2n) is 10.9. The van der Waals surface area contributed by atoms with Gasteiger partial charge in [-0.25, -0.2) is 0 Å². The first-order chi connectivity index (χ1) is 21.3. The Bertz CT molecular complexity index is 2450. The molecule has 0 N–H and O–H groups in total. The van der Waals surface area contributed by atoms with Crippen molar-refractivity contribution in [2.75, 3.05) is 4.90 Å². The molecule has 2 aromatic heterocycles. The van der Waals surface area contributed by atoms with E-state index >= 15 is 0 Å². The van der Waals surface area contributed by atoms with Gasteiger partial charge in [-0.3, -0.25) is 0 Å². The number of nitrogens with zero attached hydrogens (tertiary/aromatic N) is 1. The van der Waals surface area contributed by atoms with Crippen LogP contribution in [-0.4, -0.2) is 0 Å². The van der Waals surface area contributed by atoms with Crippen LogP contribution in [-0.2, 0) is 0 Å². The molecule has 2 heterocycles. The third kappa shape index (κ3) is 3.86. The Morgan fingerprint density at radius 2 is 1.16 bits per heavy atom. The predicted octanol–water partition coefficient (Wildman–Crippen LogP) is 12.2. The molecule has 0 aliphatic heterocycles. The van der Waals surface area contributed by atoms with Gasteiger partial charge in [-0.1, -0.05) is 97.1 Å². The molecule has 43 heavy (non-hydrogen) atoms. The van der Waals surface area contributed by atoms with E-state index in [1.807, 2.05) is 11.3 Å². The van der Waals surface area contributed by atoms with Gasteiger partial charge in [0, 0.05) is 42.3 Å². The SMILES string of the molecule is c1ccc(N(c2ccc(-c3ccc4c(c3)sc3ccccc34)cc2)c2cccc3oc4c5ccccc5ccc4c23)cc1. The van der Waals surface area contributed by atoms with Crippen molar-refractivity contribution in [3.05, 3.63) is 152 Å². The van der Waals surface area contributed by atoms with E-state index in [-0.39, 0.29) is 0 Å². The van der Waals surface area contributed by atoms with Crippen LogP contribution in [0.3, 0.4) is 0 Å². The predicted molar refractivity (Wildman–Crippen MR) is 184 cm³/mol. The molecule has 0 amide bonds. The van der Waals surface area contributed by atoms with Crippen LogP contribution in [0, 0.1) is 0 Å². The number of thiophene rings is 1. The highest BCUT2D eigenvalue weighted by molar-refractivity contribution is 7.25. The number of rotatable bonds is 4. The molecule has 0 saturated carbocycles. The summed E-state index contributed by atoms with van der Waals surface area (Å²) in [5.41, 5.74) is 7.54. The van der Waals surface area contributed by atoms with Crippen LogP contribution in [0.2, 0.25) is 0 Å². The molecule has 0 saturated heterocycles. The molecular weight excluding hydrogens is 543 g/mol. The van der Waals surface area contributed by atoms with Crippen LogP contribution < -0.4 is 4.90 Å². The van der Waals surface area contributed by atoms with Gasteiger partial charge in [-0.05, 0) is 71.1 Å². The van der Waals surface area contributed by atoms with E-state index < -0.39 is 0 Å². The maximum absolute atomic E-state index is 6.54. The number of hydrogen-bond acceptors (Lipinski definition) is 3. The highest BCUT2D eigenvalue weighted by atomic mass is 32.1. The quantitative estimate of drug-likeness (QED) is 0.210. The van der Waals surface area contributed by atoms with E-state index in [2.05, 4.69) is 157 Å². The number of furan rings is 1. The Hall–Kier alpha value is -5.38. The molecule has 202 valence electrons. The standard InChI is InChI=1S/C40H25NOS/c1-2-10-29(11-3-1)41(35-14-8-15-36-39(35)34-24-19-27-9-4-5-12-31(27)40(34)42-36)30-21-17-26(18-22-30)28-20-23-33-32-13-6-7-16-37(32)43-38(33)25-28/h1-25H. The molecule has 3 heteroatoms. The minimum atomic E-state index is 0.887. The lowest BCUT2D eigenvalue weighted by molar-refractivity contribution is 0.672. The summed E-state index contributed by atoms with van der Waals surface area (Å²) in [5, 5.41) is 7.21. The molecule has 9 rings (SSSR count). The smallest absolute Gasteiger partial charge is 0.143 e. The average molecular weight is 568 g/mol. The highest BCUT2D eigenvalue weighted by Gasteiger charge is 2.20. The Morgan fingerprint density at radius 3 is 2.05 bits per heavy atom. The largest absolute Gasteiger partial charge is 0.455 e. The van der Waals surface area contributed by atoms with Gasteiger partial charge in [-0.15, -0.1) is 11.3 Å². The topological polar surface area (TPSA) is 16.4 Å². The van der Waals surface area contributed by atoms with E-state index in [4.69, 9.17) is 4.42 Å². The third-order valence-corrected chi connectivity index (χ3v) is 9.59. The Kier molecular flexibility index (Phi) is 5.40. The van der Waals surface area contributed by atoms with E-state index in [9.17, 15) is 0 Å². The zero-order chi connectivity index (χ0) is 28.3. The van der Waals surface area contributed by atoms with Crippen molar-refractivity contribution < 1.29 is 4.42 Å². The molecule has 0 spiro atoms. The lowest BCUT2D eigenvalue weighted by atomic mass is 10.0. The van der Waals surface area contributed by atoms with E-state index in [1.165, 1.54) is 36.7 Å². The van der Waals surface area contributed by atoms with Gasteiger partial charge in [0.2, 0.25) is 0 Å². The minimum absolute atomic E-state index is 0.887. The van der Waals surface area contributed by atoms with Crippen molar-refractivity contribution >= 4 is 81.3 Å². The zero-order valence-electron chi connectivity index (χ0n) is 23.2. The van der Waals surface area contributed by atoms with Crippen molar-refractivity contribution in [1.82, 2.24) is 0 Å². The average Bonchev–Trinajstić information content (AvgIpc) is 3.64. The normalized spacial score (nSPS) is 11.7. The number of fused-ring (bicyclic) bond motifs is 8. The van der Waals surface area contributed by atoms with Crippen LogP contribution in [0.5, 0.6) is 0 Å². The van der Waals surface area contributed by atoms with Gasteiger partial charge in [0.25, 0.3) is 0 Å². The van der Waals surface area contributed by atoms with Crippen molar-refractivity contribution in [2.45, 2.75) is 0 Å². The monoisotopic (exact) mass is 567 g/mol. The van der Waals surface area contributed by atoms with E-state index in [1.54, 1.807) is 0 Å². The van der Waals surface area contributed by atoms with Gasteiger partial charge >= 0.3 is 0 Å². The lowest BCUT2D eigenvalue weighted by Gasteiger charge is -2.26. The minimum Gasteiger partial charge on any atom is -0.455 e. The van der Waals surface area contributed by atoms with Crippen LogP contribution in [0.25, 0.3) is 64.0 Å². The fraction of sp³-hybridized carbons (Fsp3) is 0. The highest BCUT2D eigenvalue weighted by Crippen LogP contribution is 2.44. The summed E-state index contributed by atoms with van der Waals surface area (Å²) in [6, 6.07) is 54.2. The third-order valence-electron chi connectivity index (χ3n) is 8.46. The summed E-state index contributed by atoms with van der Waals surface area (Å²) >= 11 is 1.86. The summed E-state index contributed by atoms with van der Waals surface area (Å²) in [7, 11) is 0. The van der Waals surface area contributed by atoms with Gasteiger partial charge in [0.05, 0.1) is 11.1 Å². The van der Waals surface area contributed by atoms with Gasteiger partial charge in [0.1, 0.15) is 11.2 Å². The van der Waals surface area contributed by atoms with Crippen molar-refractivity contribution in [1.29, 1.82) is 0 Å². The summed E-state index contributed by atoms with van der Waals surface area (Å²) in [4.78, 5) is 2.34. The second-order valence-corrected chi connectivity index (χ2v) is 12.0. The number of para-hydroxylation sites is 1. The summed E-state index contributed by atoms with van der Waals surface area (Å²) < 4.78 is 9.19. The van der Waals surface area contributed by atoms with Crippen LogP contribution >= 0.6 is 11.3 Å². The summed E-state index contributed by atoms with van der Waals surface area (Å²) in [6.07, 6.45) is 0. The molecule has 2 nitrogen and oxygen atoms in total. The molecule has 0 fully saturated rings. The fourth-order valence-electron chi connectivity index (χ4n) is 6.43. The van der Waals surface area contributed by atoms with Gasteiger partial charge in [0.15, 0.2) is 0 Å². The molecule has 7 aromatic carbocycles. The van der Waals surface area contributed by atoms with Crippen molar-refractivity contribution in [3.63, 3.8) is 0 Å². The zero-order valence-corrected chi connectivity index (χ0v) is 24.0. The Morgan fingerprint density at radius 1 is 0.465 bits per heavy atom. The van der Waals surface area contributed by atoms with E-state index in [0.29, 0.717) is 0 Å².